The van der Waals surface area contributed by atoms with E-state index in [0.29, 0.717) is 6.54 Å². The van der Waals surface area contributed by atoms with Crippen LogP contribution in [0.2, 0.25) is 0 Å². The van der Waals surface area contributed by atoms with Gasteiger partial charge >= 0.3 is 0 Å². The summed E-state index contributed by atoms with van der Waals surface area (Å²) in [7, 11) is 1.65. The zero-order chi connectivity index (χ0) is 13.9. The van der Waals surface area contributed by atoms with E-state index in [2.05, 4.69) is 10.3 Å². The molecule has 3 rings (SSSR count). The van der Waals surface area contributed by atoms with Crippen molar-refractivity contribution in [3.8, 4) is 11.4 Å². The fraction of sp³-hybridized carbons (Fsp3) is 0.429. The van der Waals surface area contributed by atoms with Crippen LogP contribution in [0.25, 0.3) is 5.69 Å². The van der Waals surface area contributed by atoms with E-state index in [9.17, 15) is 0 Å². The molecular formula is C14H18N4O2. The van der Waals surface area contributed by atoms with E-state index in [-0.39, 0.29) is 6.10 Å². The van der Waals surface area contributed by atoms with Crippen molar-refractivity contribution in [3.63, 3.8) is 0 Å². The Bertz CT molecular complexity index is 573. The smallest absolute Gasteiger partial charge is 0.119 e. The number of aromatic nitrogens is 3. The van der Waals surface area contributed by atoms with Crippen molar-refractivity contribution in [3.05, 3.63) is 35.7 Å². The van der Waals surface area contributed by atoms with Gasteiger partial charge in [-0.1, -0.05) is 5.21 Å². The van der Waals surface area contributed by atoms with Crippen molar-refractivity contribution < 1.29 is 9.47 Å². The van der Waals surface area contributed by atoms with Crippen LogP contribution in [0.3, 0.4) is 0 Å². The SMILES string of the molecule is COc1ccc(-n2nnc(CN)c2C2CCCO2)cc1. The Labute approximate surface area is 117 Å². The van der Waals surface area contributed by atoms with Crippen LogP contribution in [-0.4, -0.2) is 28.7 Å². The average molecular weight is 274 g/mol. The first-order chi connectivity index (χ1) is 9.83. The highest BCUT2D eigenvalue weighted by atomic mass is 16.5. The van der Waals surface area contributed by atoms with Gasteiger partial charge in [-0.05, 0) is 37.1 Å². The number of nitrogens with zero attached hydrogens (tertiary/aromatic N) is 3. The molecule has 1 aliphatic rings. The zero-order valence-electron chi connectivity index (χ0n) is 11.5. The van der Waals surface area contributed by atoms with E-state index in [1.165, 1.54) is 0 Å². The molecule has 2 heterocycles. The second kappa shape index (κ2) is 5.60. The average Bonchev–Trinajstić information content (AvgIpc) is 3.15. The fourth-order valence-corrected chi connectivity index (χ4v) is 2.50. The van der Waals surface area contributed by atoms with E-state index < -0.39 is 0 Å². The zero-order valence-corrected chi connectivity index (χ0v) is 11.5. The molecule has 0 aliphatic carbocycles. The van der Waals surface area contributed by atoms with Gasteiger partial charge in [0.05, 0.1) is 18.5 Å². The highest BCUT2D eigenvalue weighted by Crippen LogP contribution is 2.31. The molecule has 0 bridgehead atoms. The van der Waals surface area contributed by atoms with E-state index >= 15 is 0 Å². The van der Waals surface area contributed by atoms with Crippen LogP contribution in [-0.2, 0) is 11.3 Å². The Morgan fingerprint density at radius 1 is 1.40 bits per heavy atom. The van der Waals surface area contributed by atoms with Gasteiger partial charge in [-0.3, -0.25) is 0 Å². The van der Waals surface area contributed by atoms with E-state index in [0.717, 1.165) is 42.3 Å². The van der Waals surface area contributed by atoms with Gasteiger partial charge in [0.25, 0.3) is 0 Å². The third-order valence-electron chi connectivity index (χ3n) is 3.52. The van der Waals surface area contributed by atoms with Crippen LogP contribution in [0.15, 0.2) is 24.3 Å². The molecule has 1 aliphatic heterocycles. The van der Waals surface area contributed by atoms with Crippen molar-refractivity contribution in [1.82, 2.24) is 15.0 Å². The van der Waals surface area contributed by atoms with Crippen molar-refractivity contribution in [1.29, 1.82) is 0 Å². The topological polar surface area (TPSA) is 75.2 Å². The third-order valence-corrected chi connectivity index (χ3v) is 3.52. The number of ether oxygens (including phenoxy) is 2. The first kappa shape index (κ1) is 13.1. The minimum Gasteiger partial charge on any atom is -0.497 e. The summed E-state index contributed by atoms with van der Waals surface area (Å²) in [5.41, 5.74) is 8.46. The summed E-state index contributed by atoms with van der Waals surface area (Å²) in [5.74, 6) is 0.812. The molecule has 0 amide bonds. The first-order valence-corrected chi connectivity index (χ1v) is 6.74. The highest BCUT2D eigenvalue weighted by Gasteiger charge is 2.26. The lowest BCUT2D eigenvalue weighted by atomic mass is 10.1. The molecule has 1 atom stereocenters. The molecule has 6 heteroatoms. The number of nitrogens with two attached hydrogens (primary N) is 1. The van der Waals surface area contributed by atoms with Gasteiger partial charge in [-0.2, -0.15) is 0 Å². The fourth-order valence-electron chi connectivity index (χ4n) is 2.50. The molecule has 2 N–H and O–H groups in total. The molecule has 106 valence electrons. The summed E-state index contributed by atoms with van der Waals surface area (Å²) in [6.07, 6.45) is 2.07. The van der Waals surface area contributed by atoms with Crippen molar-refractivity contribution in [2.24, 2.45) is 5.73 Å². The predicted molar refractivity (Wildman–Crippen MR) is 73.7 cm³/mol. The van der Waals surface area contributed by atoms with E-state index in [4.69, 9.17) is 15.2 Å². The molecule has 0 spiro atoms. The molecule has 0 radical (unpaired) electrons. The minimum atomic E-state index is 0.0330. The molecule has 2 aromatic rings. The van der Waals surface area contributed by atoms with Gasteiger partial charge in [0.2, 0.25) is 0 Å². The maximum absolute atomic E-state index is 5.77. The van der Waals surface area contributed by atoms with Gasteiger partial charge in [0.15, 0.2) is 0 Å². The van der Waals surface area contributed by atoms with Crippen LogP contribution in [0.5, 0.6) is 5.75 Å². The Balaban J connectivity index is 2.01. The Kier molecular flexibility index (Phi) is 3.66. The maximum Gasteiger partial charge on any atom is 0.119 e. The molecule has 20 heavy (non-hydrogen) atoms. The third kappa shape index (κ3) is 2.28. The molecular weight excluding hydrogens is 256 g/mol. The number of hydrogen-bond acceptors (Lipinski definition) is 5. The second-order valence-corrected chi connectivity index (χ2v) is 4.74. The lowest BCUT2D eigenvalue weighted by Crippen LogP contribution is -2.10. The lowest BCUT2D eigenvalue weighted by Gasteiger charge is -2.13. The molecule has 1 fully saturated rings. The Hall–Kier alpha value is -1.92. The summed E-state index contributed by atoms with van der Waals surface area (Å²) in [6, 6.07) is 7.70. The molecule has 6 nitrogen and oxygen atoms in total. The Morgan fingerprint density at radius 2 is 2.20 bits per heavy atom. The molecule has 1 aromatic heterocycles. The number of hydrogen-bond donors (Lipinski definition) is 1. The van der Waals surface area contributed by atoms with Crippen LogP contribution in [0, 0.1) is 0 Å². The van der Waals surface area contributed by atoms with Crippen LogP contribution in [0.4, 0.5) is 0 Å². The summed E-state index contributed by atoms with van der Waals surface area (Å²) in [6.45, 7) is 1.15. The lowest BCUT2D eigenvalue weighted by molar-refractivity contribution is 0.106. The molecule has 1 saturated heterocycles. The van der Waals surface area contributed by atoms with Crippen molar-refractivity contribution in [2.45, 2.75) is 25.5 Å². The minimum absolute atomic E-state index is 0.0330. The summed E-state index contributed by atoms with van der Waals surface area (Å²) < 4.78 is 12.8. The second-order valence-electron chi connectivity index (χ2n) is 4.74. The summed E-state index contributed by atoms with van der Waals surface area (Å²) in [4.78, 5) is 0. The van der Waals surface area contributed by atoms with Crippen LogP contribution < -0.4 is 10.5 Å². The quantitative estimate of drug-likeness (QED) is 0.916. The number of benzene rings is 1. The summed E-state index contributed by atoms with van der Waals surface area (Å²) >= 11 is 0. The van der Waals surface area contributed by atoms with Gasteiger partial charge in [-0.25, -0.2) is 4.68 Å². The first-order valence-electron chi connectivity index (χ1n) is 6.74. The van der Waals surface area contributed by atoms with Crippen molar-refractivity contribution in [2.75, 3.05) is 13.7 Å². The standard InChI is InChI=1S/C14H18N4O2/c1-19-11-6-4-10(5-7-11)18-14(12(9-15)16-17-18)13-3-2-8-20-13/h4-7,13H,2-3,8-9,15H2,1H3. The van der Waals surface area contributed by atoms with Crippen LogP contribution in [0.1, 0.15) is 30.3 Å². The molecule has 1 unspecified atom stereocenters. The molecule has 1 aromatic carbocycles. The largest absolute Gasteiger partial charge is 0.497 e. The van der Waals surface area contributed by atoms with E-state index in [1.54, 1.807) is 7.11 Å². The maximum atomic E-state index is 5.77. The van der Waals surface area contributed by atoms with Gasteiger partial charge < -0.3 is 15.2 Å². The van der Waals surface area contributed by atoms with Gasteiger partial charge in [0.1, 0.15) is 17.5 Å². The molecule has 0 saturated carbocycles. The normalized spacial score (nSPS) is 18.4. The van der Waals surface area contributed by atoms with Gasteiger partial charge in [-0.15, -0.1) is 5.10 Å². The van der Waals surface area contributed by atoms with E-state index in [1.807, 2.05) is 28.9 Å². The number of rotatable bonds is 4. The van der Waals surface area contributed by atoms with Gasteiger partial charge in [0, 0.05) is 13.2 Å². The number of methoxy groups -OCH3 is 1. The Morgan fingerprint density at radius 3 is 2.80 bits per heavy atom. The van der Waals surface area contributed by atoms with Crippen LogP contribution >= 0.6 is 0 Å². The van der Waals surface area contributed by atoms with Crippen molar-refractivity contribution >= 4 is 0 Å². The summed E-state index contributed by atoms with van der Waals surface area (Å²) in [5, 5.41) is 8.40. The highest BCUT2D eigenvalue weighted by molar-refractivity contribution is 5.39. The predicted octanol–water partition coefficient (Wildman–Crippen LogP) is 1.59. The monoisotopic (exact) mass is 274 g/mol.